The molecule has 1 aromatic carbocycles. The van der Waals surface area contributed by atoms with E-state index in [1.54, 1.807) is 39.0 Å². The molecular weight excluding hydrogens is 808 g/mol. The predicted octanol–water partition coefficient (Wildman–Crippen LogP) is 8.55. The molecule has 0 saturated heterocycles. The van der Waals surface area contributed by atoms with Gasteiger partial charge in [-0.15, -0.1) is 22.7 Å². The minimum Gasteiger partial charge on any atom is -0.463 e. The number of aliphatic hydroxyl groups is 2. The number of amides is 1. The van der Waals surface area contributed by atoms with Crippen LogP contribution in [0.4, 0.5) is 0 Å². The summed E-state index contributed by atoms with van der Waals surface area (Å²) in [6, 6.07) is 7.18. The summed E-state index contributed by atoms with van der Waals surface area (Å²) in [7, 11) is 3.94. The molecule has 14 heteroatoms. The highest BCUT2D eigenvalue weighted by molar-refractivity contribution is 8.44. The maximum atomic E-state index is 14.6. The number of carbonyl (C=O) groups is 3. The van der Waals surface area contributed by atoms with Crippen molar-refractivity contribution < 1.29 is 38.8 Å². The topological polar surface area (TPSA) is 175 Å². The molecule has 0 spiro atoms. The fourth-order valence-corrected chi connectivity index (χ4v) is 8.91. The largest absolute Gasteiger partial charge is 0.463 e. The molecule has 59 heavy (non-hydrogen) atoms. The number of hydrogen-bond donors (Lipinski definition) is 3. The van der Waals surface area contributed by atoms with Gasteiger partial charge in [-0.25, -0.2) is 4.98 Å². The number of primary amides is 1. The smallest absolute Gasteiger partial charge is 0.305 e. The first-order valence-electron chi connectivity index (χ1n) is 19.5. The summed E-state index contributed by atoms with van der Waals surface area (Å²) in [6.07, 6.45) is 9.71. The van der Waals surface area contributed by atoms with Gasteiger partial charge in [0, 0.05) is 59.6 Å². The number of nitrogens with zero attached hydrogens (tertiary/aromatic N) is 1. The zero-order valence-corrected chi connectivity index (χ0v) is 38.2. The number of nitrogens with two attached hydrogens (primary N) is 1. The highest BCUT2D eigenvalue weighted by Crippen LogP contribution is 2.41. The summed E-state index contributed by atoms with van der Waals surface area (Å²) in [5, 5.41) is 22.0. The van der Waals surface area contributed by atoms with Crippen molar-refractivity contribution >= 4 is 64.6 Å². The number of aromatic nitrogens is 1. The molecule has 320 valence electrons. The van der Waals surface area contributed by atoms with Crippen LogP contribution >= 0.6 is 31.2 Å². The summed E-state index contributed by atoms with van der Waals surface area (Å²) in [5.41, 5.74) is 7.10. The second-order valence-corrected chi connectivity index (χ2v) is 17.7. The van der Waals surface area contributed by atoms with Crippen LogP contribution in [0.25, 0.3) is 26.4 Å². The zero-order chi connectivity index (χ0) is 44.2. The fourth-order valence-electron chi connectivity index (χ4n) is 6.80. The Morgan fingerprint density at radius 1 is 1.15 bits per heavy atom. The second kappa shape index (κ2) is 22.6. The average molecular weight is 867 g/mol. The van der Waals surface area contributed by atoms with Gasteiger partial charge in [-0.2, -0.15) is 0 Å². The number of ether oxygens (including phenoxy) is 3. The van der Waals surface area contributed by atoms with E-state index in [0.717, 1.165) is 9.60 Å². The third-order valence-electron chi connectivity index (χ3n) is 10.3. The van der Waals surface area contributed by atoms with E-state index in [-0.39, 0.29) is 46.8 Å². The molecule has 11 nitrogen and oxygen atoms in total. The van der Waals surface area contributed by atoms with E-state index >= 15 is 0 Å². The van der Waals surface area contributed by atoms with Gasteiger partial charge in [-0.05, 0) is 68.7 Å². The van der Waals surface area contributed by atoms with E-state index in [9.17, 15) is 29.4 Å². The molecule has 1 aromatic rings. The van der Waals surface area contributed by atoms with Gasteiger partial charge in [-0.1, -0.05) is 79.5 Å². The molecule has 3 rings (SSSR count). The number of methoxy groups -OCH3 is 1. The lowest BCUT2D eigenvalue weighted by atomic mass is 9.80. The van der Waals surface area contributed by atoms with E-state index in [1.165, 1.54) is 55.2 Å². The molecule has 0 aromatic heterocycles. The van der Waals surface area contributed by atoms with Gasteiger partial charge >= 0.3 is 5.97 Å². The van der Waals surface area contributed by atoms with Crippen molar-refractivity contribution in [1.82, 2.24) is 4.98 Å². The van der Waals surface area contributed by atoms with Crippen molar-refractivity contribution in [2.45, 2.75) is 104 Å². The lowest BCUT2D eigenvalue weighted by molar-refractivity contribution is -0.183. The first-order valence-corrected chi connectivity index (χ1v) is 22.6. The molecule has 5 unspecified atom stereocenters. The van der Waals surface area contributed by atoms with E-state index in [4.69, 9.17) is 24.9 Å². The maximum absolute atomic E-state index is 14.6. The third kappa shape index (κ3) is 12.8. The fraction of sp³-hybridized carbons (Fsp3) is 0.444. The summed E-state index contributed by atoms with van der Waals surface area (Å²) < 4.78 is 18.5. The molecule has 8 atom stereocenters. The Hall–Kier alpha value is -3.97. The van der Waals surface area contributed by atoms with Crippen molar-refractivity contribution in [3.8, 4) is 10.6 Å². The van der Waals surface area contributed by atoms with Crippen molar-refractivity contribution in [3.05, 3.63) is 100.0 Å². The SMILES string of the molecule is C=C(C)/C=C(/C(=O)C(C)(OC)O/C=C/C[C@@H](C)C(OC(=O)CC)[C@H](C)C(O)[C@H](C)CC(C)/C=C/C=C(/C)C(N)=O)c1c2nc3c(SP)cccc3sc-2cc(=O)c1CO. The highest BCUT2D eigenvalue weighted by Gasteiger charge is 2.40. The number of rotatable bonds is 22. The monoisotopic (exact) mass is 866 g/mol. The maximum Gasteiger partial charge on any atom is 0.305 e. The number of carbonyl (C=O) groups excluding carboxylic acids is 3. The quantitative estimate of drug-likeness (QED) is 0.0168. The predicted molar refractivity (Wildman–Crippen MR) is 242 cm³/mol. The number of allylic oxidation sites excluding steroid dienone is 6. The molecular formula is C45H59N2O9PS2. The second-order valence-electron chi connectivity index (χ2n) is 15.2. The number of fused-ring (bicyclic) bond motifs is 2. The zero-order valence-electron chi connectivity index (χ0n) is 35.4. The lowest BCUT2D eigenvalue weighted by Crippen LogP contribution is -2.41. The van der Waals surface area contributed by atoms with Crippen LogP contribution in [0.1, 0.15) is 85.8 Å². The molecule has 2 aliphatic rings. The first-order chi connectivity index (χ1) is 27.8. The number of esters is 1. The van der Waals surface area contributed by atoms with Crippen LogP contribution in [0, 0.1) is 23.7 Å². The molecule has 1 aliphatic carbocycles. The molecule has 0 fully saturated rings. The summed E-state index contributed by atoms with van der Waals surface area (Å²) >= 11 is 2.80. The summed E-state index contributed by atoms with van der Waals surface area (Å²) in [5.74, 6) is -4.17. The lowest BCUT2D eigenvalue weighted by Gasteiger charge is -2.35. The molecule has 0 radical (unpaired) electrons. The highest BCUT2D eigenvalue weighted by atomic mass is 32.7. The van der Waals surface area contributed by atoms with Crippen molar-refractivity contribution in [1.29, 1.82) is 0 Å². The molecule has 1 aliphatic heterocycles. The van der Waals surface area contributed by atoms with Crippen LogP contribution < -0.4 is 11.2 Å². The Morgan fingerprint density at radius 3 is 2.44 bits per heavy atom. The van der Waals surface area contributed by atoms with Crippen LogP contribution in [-0.2, 0) is 35.2 Å². The van der Waals surface area contributed by atoms with Crippen LogP contribution in [0.5, 0.6) is 0 Å². The molecule has 0 saturated carbocycles. The van der Waals surface area contributed by atoms with Crippen LogP contribution in [-0.4, -0.2) is 58.0 Å². The van der Waals surface area contributed by atoms with Gasteiger partial charge in [0.2, 0.25) is 11.7 Å². The van der Waals surface area contributed by atoms with Crippen molar-refractivity contribution in [2.75, 3.05) is 7.11 Å². The minimum absolute atomic E-state index is 0.00730. The Balaban J connectivity index is 1.91. The number of ketones is 1. The van der Waals surface area contributed by atoms with Crippen LogP contribution in [0.15, 0.2) is 88.3 Å². The molecule has 1 heterocycles. The Labute approximate surface area is 358 Å². The number of para-hydroxylation sites is 1. The first kappa shape index (κ1) is 49.4. The van der Waals surface area contributed by atoms with Gasteiger partial charge in [0.1, 0.15) is 6.10 Å². The van der Waals surface area contributed by atoms with Gasteiger partial charge in [0.25, 0.3) is 5.79 Å². The Bertz CT molecular complexity index is 2140. The van der Waals surface area contributed by atoms with Gasteiger partial charge in [-0.3, -0.25) is 19.2 Å². The Kier molecular flexibility index (Phi) is 18.9. The third-order valence-corrected chi connectivity index (χ3v) is 12.7. The average Bonchev–Trinajstić information content (AvgIpc) is 3.20. The van der Waals surface area contributed by atoms with Crippen LogP contribution in [0.2, 0.25) is 0 Å². The number of aliphatic hydroxyl groups excluding tert-OH is 2. The standard InChI is InChI=1S/C45H59N2O9PS2/c1-11-37(50)56-42(30(8)41(51)29(7)22-26(4)15-12-16-28(6)44(46)53)27(5)17-14-20-55-45(9,54-10)43(52)31(21-25(2)3)38-32(24-48)33(49)23-36-40(38)47-39-34(58-36)18-13-19-35(39)59-57/h12-16,18-21,23,26-27,29-30,41-42,48,51H,2,11,17,22,24,57H2,1,3-10H3,(H2,46,53)/b15-12+,20-14+,28-16-,31-21+/t26?,27-,29-,30-,41?,42?,45?/m1/s1. The van der Waals surface area contributed by atoms with Crippen molar-refractivity contribution in [2.24, 2.45) is 29.4 Å². The van der Waals surface area contributed by atoms with Crippen molar-refractivity contribution in [3.63, 3.8) is 0 Å². The van der Waals surface area contributed by atoms with Gasteiger partial charge < -0.3 is 30.2 Å². The normalized spacial score (nSPS) is 16.7. The van der Waals surface area contributed by atoms with Gasteiger partial charge in [0.05, 0.1) is 39.8 Å². The molecule has 4 N–H and O–H groups in total. The summed E-state index contributed by atoms with van der Waals surface area (Å²) in [4.78, 5) is 58.4. The van der Waals surface area contributed by atoms with E-state index in [0.29, 0.717) is 40.1 Å². The summed E-state index contributed by atoms with van der Waals surface area (Å²) in [6.45, 7) is 17.6. The Morgan fingerprint density at radius 2 is 1.85 bits per heavy atom. The van der Waals surface area contributed by atoms with E-state index < -0.39 is 47.6 Å². The number of benzene rings is 2. The minimum atomic E-state index is -1.90. The molecule has 1 amide bonds. The van der Waals surface area contributed by atoms with E-state index in [2.05, 4.69) is 15.0 Å². The number of Topliss-reactive ketones (excluding diaryl/α,β-unsaturated/α-hetero) is 1. The van der Waals surface area contributed by atoms with Crippen LogP contribution in [0.3, 0.4) is 0 Å². The number of hydrogen-bond acceptors (Lipinski definition) is 12. The van der Waals surface area contributed by atoms with E-state index in [1.807, 2.05) is 52.0 Å². The molecule has 0 bridgehead atoms. The van der Waals surface area contributed by atoms with Gasteiger partial charge in [0.15, 0.2) is 5.43 Å².